The van der Waals surface area contributed by atoms with Crippen LogP contribution in [0.15, 0.2) is 36.5 Å². The lowest BCUT2D eigenvalue weighted by Crippen LogP contribution is -2.33. The third-order valence-electron chi connectivity index (χ3n) is 5.50. The van der Waals surface area contributed by atoms with Crippen LogP contribution in [0.5, 0.6) is 0 Å². The first-order valence-corrected chi connectivity index (χ1v) is 9.51. The normalized spacial score (nSPS) is 14.7. The number of aryl methyl sites for hydroxylation is 4. The number of β-amino-alcohol motifs (C(OH)–C–C–N with tert-alkyl or cyclic N) is 1. The zero-order chi connectivity index (χ0) is 18.1. The van der Waals surface area contributed by atoms with Gasteiger partial charge in [0.1, 0.15) is 0 Å². The summed E-state index contributed by atoms with van der Waals surface area (Å²) in [4.78, 5) is 6.79. The lowest BCUT2D eigenvalue weighted by Gasteiger charge is -2.27. The molecule has 4 nitrogen and oxygen atoms in total. The number of aliphatic hydroxyl groups is 1. The highest BCUT2D eigenvalue weighted by molar-refractivity contribution is 5.86. The third-order valence-corrected chi connectivity index (χ3v) is 5.50. The first-order chi connectivity index (χ1) is 12.7. The minimum Gasteiger partial charge on any atom is -0.395 e. The summed E-state index contributed by atoms with van der Waals surface area (Å²) in [5.41, 5.74) is 7.92. The van der Waals surface area contributed by atoms with Crippen molar-refractivity contribution in [1.29, 1.82) is 0 Å². The van der Waals surface area contributed by atoms with E-state index in [0.717, 1.165) is 44.7 Å². The predicted octanol–water partition coefficient (Wildman–Crippen LogP) is 3.25. The molecule has 0 fully saturated rings. The van der Waals surface area contributed by atoms with Gasteiger partial charge in [0.05, 0.1) is 6.61 Å². The highest BCUT2D eigenvalue weighted by Gasteiger charge is 2.23. The fraction of sp³-hybridized carbons (Fsp3) is 0.409. The summed E-state index contributed by atoms with van der Waals surface area (Å²) < 4.78 is 2.51. The molecule has 1 aromatic carbocycles. The van der Waals surface area contributed by atoms with Gasteiger partial charge in [0.25, 0.3) is 0 Å². The van der Waals surface area contributed by atoms with Crippen molar-refractivity contribution in [2.75, 3.05) is 19.7 Å². The molecule has 136 valence electrons. The molecule has 0 saturated heterocycles. The van der Waals surface area contributed by atoms with E-state index in [-0.39, 0.29) is 6.61 Å². The highest BCUT2D eigenvalue weighted by atomic mass is 16.3. The molecule has 3 heterocycles. The number of pyridine rings is 1. The van der Waals surface area contributed by atoms with E-state index < -0.39 is 0 Å². The van der Waals surface area contributed by atoms with Gasteiger partial charge >= 0.3 is 0 Å². The van der Waals surface area contributed by atoms with Gasteiger partial charge in [-0.05, 0) is 49.6 Å². The van der Waals surface area contributed by atoms with Crippen LogP contribution in [0.1, 0.15) is 28.1 Å². The average Bonchev–Trinajstić information content (AvgIpc) is 2.94. The van der Waals surface area contributed by atoms with Crippen molar-refractivity contribution < 1.29 is 5.11 Å². The standard InChI is InChI=1S/C22H27N3O/c1-16-3-6-21-19(13-16)20-15-24(11-12-26)9-8-22(20)25(21)10-7-18-5-4-17(2)23-14-18/h3-6,13-14,26H,7-12,15H2,1-2H3. The molecule has 0 atom stereocenters. The lowest BCUT2D eigenvalue weighted by molar-refractivity contribution is 0.183. The van der Waals surface area contributed by atoms with E-state index >= 15 is 0 Å². The van der Waals surface area contributed by atoms with Crippen LogP contribution < -0.4 is 0 Å². The molecular formula is C22H27N3O. The predicted molar refractivity (Wildman–Crippen MR) is 105 cm³/mol. The van der Waals surface area contributed by atoms with Crippen LogP contribution in [-0.4, -0.2) is 39.3 Å². The Balaban J connectivity index is 1.69. The summed E-state index contributed by atoms with van der Waals surface area (Å²) in [7, 11) is 0. The van der Waals surface area contributed by atoms with E-state index in [1.807, 2.05) is 13.1 Å². The molecule has 4 heteroatoms. The average molecular weight is 349 g/mol. The molecule has 1 N–H and O–H groups in total. The van der Waals surface area contributed by atoms with Gasteiger partial charge in [-0.25, -0.2) is 0 Å². The first kappa shape index (κ1) is 17.3. The van der Waals surface area contributed by atoms with Crippen molar-refractivity contribution in [3.8, 4) is 0 Å². The molecule has 0 bridgehead atoms. The second-order valence-electron chi connectivity index (χ2n) is 7.41. The minimum absolute atomic E-state index is 0.230. The summed E-state index contributed by atoms with van der Waals surface area (Å²) in [5, 5.41) is 10.7. The van der Waals surface area contributed by atoms with Crippen LogP contribution in [0, 0.1) is 13.8 Å². The Morgan fingerprint density at radius 3 is 2.77 bits per heavy atom. The zero-order valence-electron chi connectivity index (χ0n) is 15.7. The van der Waals surface area contributed by atoms with Crippen LogP contribution in [0.3, 0.4) is 0 Å². The van der Waals surface area contributed by atoms with E-state index in [1.54, 1.807) is 0 Å². The third kappa shape index (κ3) is 3.27. The molecule has 1 aliphatic heterocycles. The molecule has 2 aromatic heterocycles. The second-order valence-corrected chi connectivity index (χ2v) is 7.41. The summed E-state index contributed by atoms with van der Waals surface area (Å²) in [6.45, 7) is 8.12. The molecule has 0 aliphatic carbocycles. The Morgan fingerprint density at radius 2 is 2.00 bits per heavy atom. The number of benzene rings is 1. The van der Waals surface area contributed by atoms with Crippen molar-refractivity contribution in [2.45, 2.75) is 39.8 Å². The van der Waals surface area contributed by atoms with Crippen LogP contribution in [-0.2, 0) is 25.9 Å². The maximum Gasteiger partial charge on any atom is 0.0558 e. The second kappa shape index (κ2) is 7.22. The van der Waals surface area contributed by atoms with Crippen molar-refractivity contribution >= 4 is 10.9 Å². The van der Waals surface area contributed by atoms with Crippen molar-refractivity contribution in [3.63, 3.8) is 0 Å². The van der Waals surface area contributed by atoms with Crippen molar-refractivity contribution in [3.05, 3.63) is 64.6 Å². The summed E-state index contributed by atoms with van der Waals surface area (Å²) >= 11 is 0. The molecular weight excluding hydrogens is 322 g/mol. The minimum atomic E-state index is 0.230. The number of hydrogen-bond donors (Lipinski definition) is 1. The van der Waals surface area contributed by atoms with Crippen LogP contribution in [0.25, 0.3) is 10.9 Å². The summed E-state index contributed by atoms with van der Waals surface area (Å²) in [6, 6.07) is 11.1. The Bertz CT molecular complexity index is 911. The molecule has 1 aliphatic rings. The van der Waals surface area contributed by atoms with E-state index in [9.17, 15) is 5.11 Å². The van der Waals surface area contributed by atoms with E-state index in [4.69, 9.17) is 0 Å². The monoisotopic (exact) mass is 349 g/mol. The largest absolute Gasteiger partial charge is 0.395 e. The molecule has 0 spiro atoms. The number of aliphatic hydroxyl groups excluding tert-OH is 1. The van der Waals surface area contributed by atoms with E-state index in [2.05, 4.69) is 51.7 Å². The Morgan fingerprint density at radius 1 is 1.12 bits per heavy atom. The molecule has 0 radical (unpaired) electrons. The lowest BCUT2D eigenvalue weighted by atomic mass is 10.0. The molecule has 0 amide bonds. The zero-order valence-corrected chi connectivity index (χ0v) is 15.7. The fourth-order valence-corrected chi connectivity index (χ4v) is 4.09. The quantitative estimate of drug-likeness (QED) is 0.769. The van der Waals surface area contributed by atoms with Gasteiger partial charge in [-0.2, -0.15) is 0 Å². The molecule has 0 unspecified atom stereocenters. The summed E-state index contributed by atoms with van der Waals surface area (Å²) in [5.74, 6) is 0. The number of fused-ring (bicyclic) bond motifs is 3. The van der Waals surface area contributed by atoms with Crippen LogP contribution in [0.2, 0.25) is 0 Å². The molecule has 26 heavy (non-hydrogen) atoms. The van der Waals surface area contributed by atoms with Gasteiger partial charge in [0, 0.05) is 61.1 Å². The Labute approximate surface area is 155 Å². The number of rotatable bonds is 5. The van der Waals surface area contributed by atoms with Crippen molar-refractivity contribution in [1.82, 2.24) is 14.5 Å². The van der Waals surface area contributed by atoms with Crippen LogP contribution in [0.4, 0.5) is 0 Å². The van der Waals surface area contributed by atoms with Gasteiger partial charge in [0.2, 0.25) is 0 Å². The highest BCUT2D eigenvalue weighted by Crippen LogP contribution is 2.32. The van der Waals surface area contributed by atoms with Gasteiger partial charge in [-0.3, -0.25) is 9.88 Å². The Kier molecular flexibility index (Phi) is 4.79. The molecule has 3 aromatic rings. The van der Waals surface area contributed by atoms with E-state index in [0.29, 0.717) is 0 Å². The van der Waals surface area contributed by atoms with Crippen molar-refractivity contribution in [2.24, 2.45) is 0 Å². The number of hydrogen-bond acceptors (Lipinski definition) is 3. The smallest absolute Gasteiger partial charge is 0.0558 e. The maximum absolute atomic E-state index is 9.31. The van der Waals surface area contributed by atoms with Crippen LogP contribution >= 0.6 is 0 Å². The number of aromatic nitrogens is 2. The summed E-state index contributed by atoms with van der Waals surface area (Å²) in [6.07, 6.45) is 4.05. The van der Waals surface area contributed by atoms with Gasteiger partial charge in [0.15, 0.2) is 0 Å². The molecule has 0 saturated carbocycles. The Hall–Kier alpha value is -2.17. The molecule has 4 rings (SSSR count). The SMILES string of the molecule is Cc1ccc2c(c1)c1c(n2CCc2ccc(C)nc2)CCN(CCO)C1. The number of nitrogens with zero attached hydrogens (tertiary/aromatic N) is 3. The first-order valence-electron chi connectivity index (χ1n) is 9.51. The van der Waals surface area contributed by atoms with Gasteiger partial charge in [-0.15, -0.1) is 0 Å². The maximum atomic E-state index is 9.31. The van der Waals surface area contributed by atoms with E-state index in [1.165, 1.54) is 33.3 Å². The topological polar surface area (TPSA) is 41.3 Å². The fourth-order valence-electron chi connectivity index (χ4n) is 4.09. The van der Waals surface area contributed by atoms with Gasteiger partial charge in [-0.1, -0.05) is 17.7 Å². The van der Waals surface area contributed by atoms with Gasteiger partial charge < -0.3 is 9.67 Å².